The van der Waals surface area contributed by atoms with Gasteiger partial charge in [0.2, 0.25) is 0 Å². The molecule has 2 aromatic rings. The maximum atomic E-state index is 3.54. The fourth-order valence-corrected chi connectivity index (χ4v) is 3.34. The minimum Gasteiger partial charge on any atom is -0.313 e. The van der Waals surface area contributed by atoms with Crippen molar-refractivity contribution in [1.82, 2.24) is 5.32 Å². The molecule has 1 unspecified atom stereocenters. The minimum atomic E-state index is 0.321. The van der Waals surface area contributed by atoms with Crippen LogP contribution >= 0.6 is 31.9 Å². The molecule has 0 aliphatic carbocycles. The molecule has 0 saturated carbocycles. The Morgan fingerprint density at radius 3 is 2.17 bits per heavy atom. The summed E-state index contributed by atoms with van der Waals surface area (Å²) in [5, 5.41) is 3.38. The Bertz CT molecular complexity index is 491. The molecule has 0 radical (unpaired) electrons. The Balaban J connectivity index is 2.23. The van der Waals surface area contributed by atoms with Crippen LogP contribution in [0.5, 0.6) is 0 Å². The zero-order valence-electron chi connectivity index (χ0n) is 10.2. The molecule has 0 amide bonds. The molecule has 0 fully saturated rings. The van der Waals surface area contributed by atoms with Gasteiger partial charge in [0.1, 0.15) is 0 Å². The van der Waals surface area contributed by atoms with Crippen LogP contribution in [0.3, 0.4) is 0 Å². The highest BCUT2D eigenvalue weighted by atomic mass is 79.9. The second-order valence-corrected chi connectivity index (χ2v) is 6.07. The van der Waals surface area contributed by atoms with Crippen molar-refractivity contribution in [2.75, 3.05) is 7.05 Å². The molecule has 2 aromatic carbocycles. The first kappa shape index (κ1) is 13.8. The summed E-state index contributed by atoms with van der Waals surface area (Å²) in [7, 11) is 2.00. The molecule has 18 heavy (non-hydrogen) atoms. The molecule has 0 aliphatic heterocycles. The Morgan fingerprint density at radius 2 is 1.61 bits per heavy atom. The summed E-state index contributed by atoms with van der Waals surface area (Å²) >= 11 is 7.08. The van der Waals surface area contributed by atoms with Gasteiger partial charge in [0.25, 0.3) is 0 Å². The van der Waals surface area contributed by atoms with Gasteiger partial charge in [0.05, 0.1) is 0 Å². The molecule has 1 N–H and O–H groups in total. The van der Waals surface area contributed by atoms with Crippen molar-refractivity contribution in [3.63, 3.8) is 0 Å². The smallest absolute Gasteiger partial charge is 0.0359 e. The van der Waals surface area contributed by atoms with E-state index in [9.17, 15) is 0 Å². The predicted molar refractivity (Wildman–Crippen MR) is 83.8 cm³/mol. The van der Waals surface area contributed by atoms with Gasteiger partial charge in [0.15, 0.2) is 0 Å². The second kappa shape index (κ2) is 6.50. The van der Waals surface area contributed by atoms with E-state index in [2.05, 4.69) is 79.6 Å². The van der Waals surface area contributed by atoms with Gasteiger partial charge in [-0.25, -0.2) is 0 Å². The van der Waals surface area contributed by atoms with Gasteiger partial charge >= 0.3 is 0 Å². The normalized spacial score (nSPS) is 12.4. The summed E-state index contributed by atoms with van der Waals surface area (Å²) < 4.78 is 2.19. The van der Waals surface area contributed by atoms with E-state index in [1.807, 2.05) is 13.1 Å². The van der Waals surface area contributed by atoms with Gasteiger partial charge in [-0.15, -0.1) is 0 Å². The van der Waals surface area contributed by atoms with Crippen LogP contribution in [0.2, 0.25) is 0 Å². The minimum absolute atomic E-state index is 0.321. The van der Waals surface area contributed by atoms with Gasteiger partial charge in [-0.1, -0.05) is 62.2 Å². The van der Waals surface area contributed by atoms with Crippen LogP contribution in [-0.4, -0.2) is 7.05 Å². The van der Waals surface area contributed by atoms with Crippen LogP contribution in [0, 0.1) is 0 Å². The van der Waals surface area contributed by atoms with E-state index >= 15 is 0 Å². The predicted octanol–water partition coefficient (Wildman–Crippen LogP) is 4.71. The van der Waals surface area contributed by atoms with Crippen LogP contribution in [0.25, 0.3) is 0 Å². The third-order valence-corrected chi connectivity index (χ3v) is 3.83. The quantitative estimate of drug-likeness (QED) is 0.823. The standard InChI is InChI=1S/C15H15Br2N/c1-18-15(7-11-5-3-2-4-6-11)12-8-13(16)10-14(17)9-12/h2-6,8-10,15,18H,7H2,1H3. The average Bonchev–Trinajstić information content (AvgIpc) is 2.36. The van der Waals surface area contributed by atoms with Crippen LogP contribution in [-0.2, 0) is 6.42 Å². The number of halogens is 2. The molecule has 2 rings (SSSR count). The summed E-state index contributed by atoms with van der Waals surface area (Å²) in [6.45, 7) is 0. The van der Waals surface area contributed by atoms with Crippen molar-refractivity contribution in [1.29, 1.82) is 0 Å². The summed E-state index contributed by atoms with van der Waals surface area (Å²) in [6, 6.07) is 17.2. The van der Waals surface area contributed by atoms with Gasteiger partial charge in [-0.05, 0) is 42.8 Å². The van der Waals surface area contributed by atoms with E-state index in [4.69, 9.17) is 0 Å². The molecular weight excluding hydrogens is 354 g/mol. The van der Waals surface area contributed by atoms with Crippen LogP contribution in [0.15, 0.2) is 57.5 Å². The average molecular weight is 369 g/mol. The number of hydrogen-bond acceptors (Lipinski definition) is 1. The SMILES string of the molecule is CNC(Cc1ccccc1)c1cc(Br)cc(Br)c1. The van der Waals surface area contributed by atoms with Crippen molar-refractivity contribution in [3.8, 4) is 0 Å². The Kier molecular flexibility index (Phi) is 4.98. The highest BCUT2D eigenvalue weighted by molar-refractivity contribution is 9.11. The van der Waals surface area contributed by atoms with Crippen molar-refractivity contribution in [2.24, 2.45) is 0 Å². The van der Waals surface area contributed by atoms with Crippen molar-refractivity contribution in [2.45, 2.75) is 12.5 Å². The molecule has 1 nitrogen and oxygen atoms in total. The lowest BCUT2D eigenvalue weighted by atomic mass is 9.99. The van der Waals surface area contributed by atoms with Gasteiger partial charge in [-0.2, -0.15) is 0 Å². The molecule has 0 bridgehead atoms. The van der Waals surface area contributed by atoms with E-state index in [0.717, 1.165) is 15.4 Å². The van der Waals surface area contributed by atoms with Crippen molar-refractivity contribution in [3.05, 3.63) is 68.6 Å². The second-order valence-electron chi connectivity index (χ2n) is 4.23. The van der Waals surface area contributed by atoms with E-state index < -0.39 is 0 Å². The van der Waals surface area contributed by atoms with Gasteiger partial charge < -0.3 is 5.32 Å². The van der Waals surface area contributed by atoms with Crippen LogP contribution in [0.4, 0.5) is 0 Å². The monoisotopic (exact) mass is 367 g/mol. The fraction of sp³-hybridized carbons (Fsp3) is 0.200. The number of rotatable bonds is 4. The third-order valence-electron chi connectivity index (χ3n) is 2.92. The first-order valence-corrected chi connectivity index (χ1v) is 7.45. The lowest BCUT2D eigenvalue weighted by Gasteiger charge is -2.17. The fourth-order valence-electron chi connectivity index (χ4n) is 2.01. The Labute approximate surface area is 125 Å². The zero-order chi connectivity index (χ0) is 13.0. The topological polar surface area (TPSA) is 12.0 Å². The third kappa shape index (κ3) is 3.67. The summed E-state index contributed by atoms with van der Waals surface area (Å²) in [5.74, 6) is 0. The van der Waals surface area contributed by atoms with Crippen molar-refractivity contribution < 1.29 is 0 Å². The van der Waals surface area contributed by atoms with E-state index in [1.165, 1.54) is 11.1 Å². The van der Waals surface area contributed by atoms with E-state index in [1.54, 1.807) is 0 Å². The summed E-state index contributed by atoms with van der Waals surface area (Å²) in [4.78, 5) is 0. The highest BCUT2D eigenvalue weighted by Gasteiger charge is 2.11. The molecule has 1 atom stereocenters. The molecule has 0 heterocycles. The maximum absolute atomic E-state index is 3.54. The van der Waals surface area contributed by atoms with Crippen molar-refractivity contribution >= 4 is 31.9 Å². The Morgan fingerprint density at radius 1 is 1.00 bits per heavy atom. The first-order valence-electron chi connectivity index (χ1n) is 5.86. The molecule has 3 heteroatoms. The zero-order valence-corrected chi connectivity index (χ0v) is 13.3. The maximum Gasteiger partial charge on any atom is 0.0359 e. The molecular formula is C15H15Br2N. The largest absolute Gasteiger partial charge is 0.313 e. The lowest BCUT2D eigenvalue weighted by Crippen LogP contribution is -2.18. The number of nitrogens with one attached hydrogen (secondary N) is 1. The molecule has 0 spiro atoms. The summed E-state index contributed by atoms with van der Waals surface area (Å²) in [6.07, 6.45) is 0.986. The van der Waals surface area contributed by atoms with E-state index in [0.29, 0.717) is 6.04 Å². The number of hydrogen-bond donors (Lipinski definition) is 1. The van der Waals surface area contributed by atoms with Gasteiger partial charge in [0, 0.05) is 15.0 Å². The molecule has 0 aliphatic rings. The lowest BCUT2D eigenvalue weighted by molar-refractivity contribution is 0.591. The van der Waals surface area contributed by atoms with Crippen LogP contribution < -0.4 is 5.32 Å². The highest BCUT2D eigenvalue weighted by Crippen LogP contribution is 2.26. The van der Waals surface area contributed by atoms with E-state index in [-0.39, 0.29) is 0 Å². The van der Waals surface area contributed by atoms with Gasteiger partial charge in [-0.3, -0.25) is 0 Å². The Hall–Kier alpha value is -0.640. The molecule has 0 saturated heterocycles. The number of likely N-dealkylation sites (N-methyl/N-ethyl adjacent to an activating group) is 1. The summed E-state index contributed by atoms with van der Waals surface area (Å²) in [5.41, 5.74) is 2.62. The molecule has 94 valence electrons. The first-order chi connectivity index (χ1) is 8.69. The molecule has 0 aromatic heterocycles. The van der Waals surface area contributed by atoms with Crippen LogP contribution in [0.1, 0.15) is 17.2 Å². The number of benzene rings is 2.